The Morgan fingerprint density at radius 3 is 2.52 bits per heavy atom. The fraction of sp³-hybridized carbons (Fsp3) is 0.542. The minimum absolute atomic E-state index is 0.330. The smallest absolute Gasteiger partial charge is 0.222 e. The predicted molar refractivity (Wildman–Crippen MR) is 117 cm³/mol. The summed E-state index contributed by atoms with van der Waals surface area (Å²) in [6.45, 7) is 7.34. The van der Waals surface area contributed by atoms with Crippen molar-refractivity contribution >= 4 is 11.7 Å². The maximum Gasteiger partial charge on any atom is 0.222 e. The van der Waals surface area contributed by atoms with Crippen LogP contribution >= 0.6 is 0 Å². The third-order valence-electron chi connectivity index (χ3n) is 6.31. The van der Waals surface area contributed by atoms with E-state index in [1.165, 1.54) is 31.2 Å². The second-order valence-electron chi connectivity index (χ2n) is 8.62. The van der Waals surface area contributed by atoms with Crippen molar-refractivity contribution in [2.45, 2.75) is 52.4 Å². The molecule has 0 unspecified atom stereocenters. The van der Waals surface area contributed by atoms with E-state index < -0.39 is 0 Å². The molecule has 2 fully saturated rings. The minimum Gasteiger partial charge on any atom is -0.353 e. The molecule has 1 aliphatic carbocycles. The number of hydrogen-bond acceptors (Lipinski definition) is 4. The zero-order valence-electron chi connectivity index (χ0n) is 17.7. The molecule has 29 heavy (non-hydrogen) atoms. The lowest BCUT2D eigenvalue weighted by molar-refractivity contribution is -0.131. The molecule has 0 bridgehead atoms. The first-order chi connectivity index (χ1) is 14.1. The normalized spacial score (nSPS) is 17.7. The second-order valence-corrected chi connectivity index (χ2v) is 8.62. The molecule has 1 amide bonds. The molecule has 5 nitrogen and oxygen atoms in total. The Hall–Kier alpha value is -2.43. The lowest BCUT2D eigenvalue weighted by Crippen LogP contribution is -2.49. The highest BCUT2D eigenvalue weighted by Crippen LogP contribution is 2.29. The van der Waals surface area contributed by atoms with Crippen molar-refractivity contribution in [3.8, 4) is 11.4 Å². The van der Waals surface area contributed by atoms with Crippen LogP contribution in [0.15, 0.2) is 30.3 Å². The van der Waals surface area contributed by atoms with Gasteiger partial charge >= 0.3 is 0 Å². The number of nitrogens with zero attached hydrogens (tertiary/aromatic N) is 4. The third kappa shape index (κ3) is 4.95. The average molecular weight is 393 g/mol. The van der Waals surface area contributed by atoms with Crippen molar-refractivity contribution in [2.75, 3.05) is 31.1 Å². The van der Waals surface area contributed by atoms with E-state index in [4.69, 9.17) is 4.98 Å². The van der Waals surface area contributed by atoms with E-state index in [0.29, 0.717) is 5.91 Å². The molecular weight excluding hydrogens is 360 g/mol. The summed E-state index contributed by atoms with van der Waals surface area (Å²) in [5.41, 5.74) is 3.23. The van der Waals surface area contributed by atoms with Gasteiger partial charge in [-0.3, -0.25) is 4.79 Å². The molecule has 5 heteroatoms. The van der Waals surface area contributed by atoms with E-state index in [-0.39, 0.29) is 0 Å². The number of carbonyl (C=O) groups excluding carboxylic acids is 1. The van der Waals surface area contributed by atoms with Crippen molar-refractivity contribution in [3.63, 3.8) is 0 Å². The summed E-state index contributed by atoms with van der Waals surface area (Å²) in [4.78, 5) is 26.4. The molecule has 1 aromatic heterocycles. The molecule has 2 heterocycles. The topological polar surface area (TPSA) is 49.3 Å². The van der Waals surface area contributed by atoms with Gasteiger partial charge in [0.05, 0.1) is 0 Å². The first-order valence-corrected chi connectivity index (χ1v) is 11.0. The lowest BCUT2D eigenvalue weighted by Gasteiger charge is -2.35. The Kier molecular flexibility index (Phi) is 6.12. The summed E-state index contributed by atoms with van der Waals surface area (Å²) in [5.74, 6) is 2.85. The fourth-order valence-corrected chi connectivity index (χ4v) is 4.60. The summed E-state index contributed by atoms with van der Waals surface area (Å²) in [6, 6.07) is 10.4. The molecule has 2 aliphatic rings. The highest BCUT2D eigenvalue weighted by molar-refractivity contribution is 5.76. The molecule has 4 rings (SSSR count). The maximum atomic E-state index is 12.6. The molecule has 2 aromatic rings. The Morgan fingerprint density at radius 2 is 1.79 bits per heavy atom. The molecule has 1 saturated carbocycles. The lowest BCUT2D eigenvalue weighted by atomic mass is 10.0. The zero-order chi connectivity index (χ0) is 20.2. The van der Waals surface area contributed by atoms with Crippen LogP contribution in [0.3, 0.4) is 0 Å². The van der Waals surface area contributed by atoms with Gasteiger partial charge in [0.15, 0.2) is 5.82 Å². The molecule has 154 valence electrons. The van der Waals surface area contributed by atoms with Gasteiger partial charge in [0.1, 0.15) is 5.82 Å². The zero-order valence-corrected chi connectivity index (χ0v) is 17.7. The molecule has 1 aliphatic heterocycles. The van der Waals surface area contributed by atoms with Crippen LogP contribution in [0, 0.1) is 19.8 Å². The van der Waals surface area contributed by atoms with Gasteiger partial charge in [-0.15, -0.1) is 0 Å². The minimum atomic E-state index is 0.330. The largest absolute Gasteiger partial charge is 0.353 e. The van der Waals surface area contributed by atoms with E-state index in [0.717, 1.165) is 67.8 Å². The number of aromatic nitrogens is 2. The van der Waals surface area contributed by atoms with E-state index in [9.17, 15) is 4.79 Å². The number of hydrogen-bond donors (Lipinski definition) is 0. The van der Waals surface area contributed by atoms with E-state index in [2.05, 4.69) is 41.1 Å². The Morgan fingerprint density at radius 1 is 1.03 bits per heavy atom. The summed E-state index contributed by atoms with van der Waals surface area (Å²) < 4.78 is 0. The summed E-state index contributed by atoms with van der Waals surface area (Å²) in [6.07, 6.45) is 7.12. The van der Waals surface area contributed by atoms with E-state index >= 15 is 0 Å². The van der Waals surface area contributed by atoms with Crippen LogP contribution in [0.5, 0.6) is 0 Å². The molecule has 1 aromatic carbocycles. The van der Waals surface area contributed by atoms with Crippen LogP contribution in [0.4, 0.5) is 5.82 Å². The van der Waals surface area contributed by atoms with Gasteiger partial charge in [-0.1, -0.05) is 49.4 Å². The predicted octanol–water partition coefficient (Wildman–Crippen LogP) is 4.38. The van der Waals surface area contributed by atoms with Crippen LogP contribution in [0.25, 0.3) is 11.4 Å². The molecule has 0 atom stereocenters. The van der Waals surface area contributed by atoms with Crippen LogP contribution < -0.4 is 4.90 Å². The van der Waals surface area contributed by atoms with Crippen molar-refractivity contribution in [1.82, 2.24) is 14.9 Å². The summed E-state index contributed by atoms with van der Waals surface area (Å²) in [7, 11) is 0. The highest BCUT2D eigenvalue weighted by Gasteiger charge is 2.24. The van der Waals surface area contributed by atoms with Gasteiger partial charge in [-0.05, 0) is 32.3 Å². The number of piperazine rings is 1. The first-order valence-electron chi connectivity index (χ1n) is 11.0. The second kappa shape index (κ2) is 8.93. The van der Waals surface area contributed by atoms with Gasteiger partial charge in [0.2, 0.25) is 5.91 Å². The van der Waals surface area contributed by atoms with Crippen molar-refractivity contribution < 1.29 is 4.79 Å². The summed E-state index contributed by atoms with van der Waals surface area (Å²) in [5, 5.41) is 0. The highest BCUT2D eigenvalue weighted by atomic mass is 16.2. The summed E-state index contributed by atoms with van der Waals surface area (Å²) >= 11 is 0. The Balaban J connectivity index is 1.37. The van der Waals surface area contributed by atoms with Gasteiger partial charge in [0, 0.05) is 49.9 Å². The number of benzene rings is 1. The number of aryl methyl sites for hydroxylation is 2. The van der Waals surface area contributed by atoms with Crippen LogP contribution in [0.1, 0.15) is 49.8 Å². The number of anilines is 1. The monoisotopic (exact) mass is 392 g/mol. The van der Waals surface area contributed by atoms with Crippen molar-refractivity contribution in [2.24, 2.45) is 5.92 Å². The van der Waals surface area contributed by atoms with E-state index in [1.54, 1.807) is 0 Å². The SMILES string of the molecule is Cc1cccc(-c2nc(C)cc(N3CCN(C(=O)CCC4CCCC4)CC3)n2)c1. The third-order valence-corrected chi connectivity index (χ3v) is 6.31. The molecule has 1 saturated heterocycles. The van der Waals surface area contributed by atoms with Crippen molar-refractivity contribution in [3.05, 3.63) is 41.6 Å². The van der Waals surface area contributed by atoms with Gasteiger partial charge in [-0.2, -0.15) is 0 Å². The van der Waals surface area contributed by atoms with Crippen LogP contribution in [-0.4, -0.2) is 47.0 Å². The van der Waals surface area contributed by atoms with E-state index in [1.807, 2.05) is 17.9 Å². The van der Waals surface area contributed by atoms with Gasteiger partial charge in [-0.25, -0.2) is 9.97 Å². The molecular formula is C24H32N4O. The Labute approximate surface area is 174 Å². The quantitative estimate of drug-likeness (QED) is 0.758. The molecule has 0 spiro atoms. The first kappa shape index (κ1) is 19.9. The van der Waals surface area contributed by atoms with Crippen molar-refractivity contribution in [1.29, 1.82) is 0 Å². The molecule has 0 N–H and O–H groups in total. The fourth-order valence-electron chi connectivity index (χ4n) is 4.60. The number of carbonyl (C=O) groups is 1. The van der Waals surface area contributed by atoms with Gasteiger partial charge < -0.3 is 9.80 Å². The maximum absolute atomic E-state index is 12.6. The Bertz CT molecular complexity index is 852. The average Bonchev–Trinajstić information content (AvgIpc) is 3.25. The van der Waals surface area contributed by atoms with Crippen LogP contribution in [-0.2, 0) is 4.79 Å². The van der Waals surface area contributed by atoms with Gasteiger partial charge in [0.25, 0.3) is 0 Å². The molecule has 0 radical (unpaired) electrons. The standard InChI is InChI=1S/C24H32N4O/c1-18-6-5-9-21(16-18)24-25-19(2)17-22(26-24)27-12-14-28(15-13-27)23(29)11-10-20-7-3-4-8-20/h5-6,9,16-17,20H,3-4,7-8,10-15H2,1-2H3. The number of amides is 1. The van der Waals surface area contributed by atoms with Crippen LogP contribution in [0.2, 0.25) is 0 Å². The number of rotatable bonds is 5.